The Hall–Kier alpha value is -2.70. The van der Waals surface area contributed by atoms with E-state index >= 15 is 0 Å². The van der Waals surface area contributed by atoms with Crippen LogP contribution in [-0.4, -0.2) is 52.3 Å². The smallest absolute Gasteiger partial charge is 0.270 e. The first-order valence-electron chi connectivity index (χ1n) is 12.4. The summed E-state index contributed by atoms with van der Waals surface area (Å²) in [6.45, 7) is 4.54. The molecular formula is C25H32N6O3S3. The van der Waals surface area contributed by atoms with Gasteiger partial charge in [-0.05, 0) is 49.7 Å². The van der Waals surface area contributed by atoms with E-state index in [1.165, 1.54) is 22.7 Å². The average Bonchev–Trinajstić information content (AvgIpc) is 3.67. The van der Waals surface area contributed by atoms with Crippen LogP contribution in [0, 0.1) is 0 Å². The Balaban J connectivity index is 1.42. The average molecular weight is 561 g/mol. The molecule has 12 heteroatoms. The number of thioether (sulfide) groups is 1. The number of rotatable bonds is 11. The van der Waals surface area contributed by atoms with E-state index in [9.17, 15) is 14.4 Å². The van der Waals surface area contributed by atoms with Crippen molar-refractivity contribution in [3.63, 3.8) is 0 Å². The number of nitrogens with one attached hydrogen (secondary N) is 4. The molecule has 4 rings (SSSR count). The number of allylic oxidation sites excluding steroid dienone is 2. The van der Waals surface area contributed by atoms with Gasteiger partial charge in [0.15, 0.2) is 0 Å². The van der Waals surface area contributed by atoms with Crippen LogP contribution in [0.1, 0.15) is 61.4 Å². The monoisotopic (exact) mass is 560 g/mol. The van der Waals surface area contributed by atoms with Crippen molar-refractivity contribution >= 4 is 52.2 Å². The van der Waals surface area contributed by atoms with Gasteiger partial charge in [-0.3, -0.25) is 14.4 Å². The van der Waals surface area contributed by atoms with Crippen LogP contribution in [0.2, 0.25) is 0 Å². The molecule has 0 saturated carbocycles. The van der Waals surface area contributed by atoms with E-state index in [1.807, 2.05) is 17.1 Å². The zero-order valence-electron chi connectivity index (χ0n) is 21.2. The van der Waals surface area contributed by atoms with Crippen molar-refractivity contribution in [1.29, 1.82) is 0 Å². The van der Waals surface area contributed by atoms with Crippen molar-refractivity contribution < 1.29 is 14.4 Å². The summed E-state index contributed by atoms with van der Waals surface area (Å²) in [5.41, 5.74) is 4.29. The maximum Gasteiger partial charge on any atom is 0.270 e. The van der Waals surface area contributed by atoms with Crippen molar-refractivity contribution in [3.8, 4) is 10.7 Å². The van der Waals surface area contributed by atoms with Gasteiger partial charge in [-0.25, -0.2) is 9.97 Å². The van der Waals surface area contributed by atoms with Gasteiger partial charge in [0.1, 0.15) is 21.4 Å². The summed E-state index contributed by atoms with van der Waals surface area (Å²) in [6.07, 6.45) is 3.77. The first-order valence-corrected chi connectivity index (χ1v) is 15.3. The molecule has 0 aromatic carbocycles. The van der Waals surface area contributed by atoms with Crippen LogP contribution in [0.5, 0.6) is 0 Å². The number of amides is 3. The molecule has 2 aliphatic heterocycles. The quantitative estimate of drug-likeness (QED) is 0.245. The Labute approximate surface area is 229 Å². The number of carbonyl (C=O) groups excluding carboxylic acids is 3. The lowest BCUT2D eigenvalue weighted by molar-refractivity contribution is -0.120. The van der Waals surface area contributed by atoms with E-state index in [0.717, 1.165) is 59.2 Å². The van der Waals surface area contributed by atoms with Gasteiger partial charge in [0.05, 0.1) is 18.5 Å². The number of carbonyl (C=O) groups is 3. The molecule has 2 aromatic rings. The summed E-state index contributed by atoms with van der Waals surface area (Å²) in [5, 5.41) is 17.0. The maximum atomic E-state index is 13.0. The number of nitrogens with zero attached hydrogens (tertiary/aromatic N) is 2. The molecule has 4 N–H and O–H groups in total. The predicted molar refractivity (Wildman–Crippen MR) is 149 cm³/mol. The van der Waals surface area contributed by atoms with Gasteiger partial charge in [-0.15, -0.1) is 22.7 Å². The molecule has 3 amide bonds. The fourth-order valence-corrected chi connectivity index (χ4v) is 6.62. The fraction of sp³-hybridized carbons (Fsp3) is 0.480. The van der Waals surface area contributed by atoms with Crippen LogP contribution in [0.25, 0.3) is 10.7 Å². The molecule has 0 spiro atoms. The number of aromatic nitrogens is 2. The normalized spacial score (nSPS) is 19.2. The van der Waals surface area contributed by atoms with Gasteiger partial charge in [0.25, 0.3) is 11.8 Å². The van der Waals surface area contributed by atoms with Crippen molar-refractivity contribution in [1.82, 2.24) is 31.2 Å². The Morgan fingerprint density at radius 2 is 2.05 bits per heavy atom. The molecule has 2 aliphatic rings. The lowest BCUT2D eigenvalue weighted by Crippen LogP contribution is -2.24. The van der Waals surface area contributed by atoms with Crippen molar-refractivity contribution in [2.75, 3.05) is 18.6 Å². The van der Waals surface area contributed by atoms with Crippen LogP contribution in [0.4, 0.5) is 0 Å². The molecule has 1 atom stereocenters. The first kappa shape index (κ1) is 27.3. The van der Waals surface area contributed by atoms with E-state index in [0.29, 0.717) is 28.0 Å². The highest BCUT2D eigenvalue weighted by atomic mass is 32.2. The topological polar surface area (TPSA) is 125 Å². The molecule has 0 bridgehead atoms. The summed E-state index contributed by atoms with van der Waals surface area (Å²) in [4.78, 5) is 46.6. The van der Waals surface area contributed by atoms with E-state index in [2.05, 4.69) is 45.1 Å². The zero-order valence-corrected chi connectivity index (χ0v) is 23.7. The van der Waals surface area contributed by atoms with Crippen molar-refractivity contribution in [2.45, 2.75) is 58.5 Å². The standard InChI is InChI=1S/C25H32N6O3S3/c1-4-8-35-9-7-16-15(22(24(34)30-16)17-6-5-14(2)28-17)10-20(32)27-11-21-29-19(13-36-21)25-31-18(12-37-25)23(33)26-3/h12-14,28H,4-11H2,1-3H3,(H,26,33)(H,27,32)(H,30,34)/b22-17+/t14-/m0/s1. The van der Waals surface area contributed by atoms with E-state index in [-0.39, 0.29) is 30.7 Å². The third-order valence-corrected chi connectivity index (χ3v) is 8.96. The Morgan fingerprint density at radius 3 is 2.78 bits per heavy atom. The Bertz CT molecular complexity index is 1230. The minimum Gasteiger partial charge on any atom is -0.385 e. The molecular weight excluding hydrogens is 529 g/mol. The third kappa shape index (κ3) is 6.79. The van der Waals surface area contributed by atoms with Crippen LogP contribution in [-0.2, 0) is 16.1 Å². The molecule has 37 heavy (non-hydrogen) atoms. The molecule has 1 saturated heterocycles. The summed E-state index contributed by atoms with van der Waals surface area (Å²) < 4.78 is 0. The van der Waals surface area contributed by atoms with Crippen LogP contribution in [0.15, 0.2) is 33.3 Å². The molecule has 0 aliphatic carbocycles. The van der Waals surface area contributed by atoms with Crippen LogP contribution in [0.3, 0.4) is 0 Å². The van der Waals surface area contributed by atoms with Crippen LogP contribution >= 0.6 is 34.4 Å². The highest BCUT2D eigenvalue weighted by Crippen LogP contribution is 2.33. The lowest BCUT2D eigenvalue weighted by Gasteiger charge is -2.11. The van der Waals surface area contributed by atoms with E-state index < -0.39 is 0 Å². The van der Waals surface area contributed by atoms with Gasteiger partial charge in [-0.2, -0.15) is 11.8 Å². The minimum absolute atomic E-state index is 0.112. The molecule has 2 aromatic heterocycles. The Morgan fingerprint density at radius 1 is 1.22 bits per heavy atom. The largest absolute Gasteiger partial charge is 0.385 e. The van der Waals surface area contributed by atoms with Gasteiger partial charge in [0, 0.05) is 35.2 Å². The molecule has 0 unspecified atom stereocenters. The number of hydrogen-bond acceptors (Lipinski definition) is 9. The maximum absolute atomic E-state index is 13.0. The SMILES string of the molecule is CCCSCCC1=C(CC(=O)NCc2nc(-c3nc(C(=O)NC)cs3)cs2)/C(=C2/CC[C@H](C)N2)C(=O)N1. The summed E-state index contributed by atoms with van der Waals surface area (Å²) in [6, 6.07) is 0.318. The summed E-state index contributed by atoms with van der Waals surface area (Å²) in [7, 11) is 1.57. The van der Waals surface area contributed by atoms with Gasteiger partial charge in [-0.1, -0.05) is 6.92 Å². The first-order chi connectivity index (χ1) is 17.9. The molecule has 1 fully saturated rings. The van der Waals surface area contributed by atoms with Gasteiger partial charge >= 0.3 is 0 Å². The van der Waals surface area contributed by atoms with Crippen LogP contribution < -0.4 is 21.3 Å². The van der Waals surface area contributed by atoms with Crippen molar-refractivity contribution in [2.24, 2.45) is 0 Å². The van der Waals surface area contributed by atoms with Crippen molar-refractivity contribution in [3.05, 3.63) is 44.0 Å². The molecule has 9 nitrogen and oxygen atoms in total. The number of hydrogen-bond donors (Lipinski definition) is 4. The zero-order chi connectivity index (χ0) is 26.4. The second kappa shape index (κ2) is 12.7. The third-order valence-electron chi connectivity index (χ3n) is 6.06. The highest BCUT2D eigenvalue weighted by Gasteiger charge is 2.33. The fourth-order valence-electron chi connectivity index (χ4n) is 4.22. The number of thiazole rings is 2. The van der Waals surface area contributed by atoms with Gasteiger partial charge < -0.3 is 21.3 Å². The predicted octanol–water partition coefficient (Wildman–Crippen LogP) is 3.58. The second-order valence-electron chi connectivity index (χ2n) is 8.91. The Kier molecular flexibility index (Phi) is 9.38. The summed E-state index contributed by atoms with van der Waals surface area (Å²) in [5.74, 6) is 1.48. The second-order valence-corrected chi connectivity index (χ2v) is 11.9. The minimum atomic E-state index is -0.237. The van der Waals surface area contributed by atoms with E-state index in [1.54, 1.807) is 12.4 Å². The molecule has 4 heterocycles. The van der Waals surface area contributed by atoms with E-state index in [4.69, 9.17) is 0 Å². The lowest BCUT2D eigenvalue weighted by atomic mass is 9.99. The van der Waals surface area contributed by atoms with Gasteiger partial charge in [0.2, 0.25) is 5.91 Å². The molecule has 0 radical (unpaired) electrons. The summed E-state index contributed by atoms with van der Waals surface area (Å²) >= 11 is 4.64. The molecule has 198 valence electrons. The highest BCUT2D eigenvalue weighted by molar-refractivity contribution is 7.99.